The van der Waals surface area contributed by atoms with E-state index in [1.165, 1.54) is 13.2 Å². The van der Waals surface area contributed by atoms with E-state index < -0.39 is 24.7 Å². The predicted octanol–water partition coefficient (Wildman–Crippen LogP) is 3.04. The van der Waals surface area contributed by atoms with Gasteiger partial charge in [0.1, 0.15) is 0 Å². The fourth-order valence-electron chi connectivity index (χ4n) is 1.57. The van der Waals surface area contributed by atoms with Crippen LogP contribution in [0.1, 0.15) is 18.9 Å². The van der Waals surface area contributed by atoms with E-state index in [9.17, 15) is 18.0 Å². The summed E-state index contributed by atoms with van der Waals surface area (Å²) < 4.78 is 47.9. The van der Waals surface area contributed by atoms with Gasteiger partial charge in [-0.2, -0.15) is 13.2 Å². The Morgan fingerprint density at radius 2 is 2.00 bits per heavy atom. The smallest absolute Gasteiger partial charge is 0.426 e. The molecule has 0 aromatic heterocycles. The van der Waals surface area contributed by atoms with Crippen molar-refractivity contribution >= 4 is 5.97 Å². The standard InChI is InChI=1S/C13H15F3O4/c1-3-8-4-5-9(10(6-8)19-2)20-11(7-12(17)18)13(14,15)16/h4-6,11H,3,7H2,1-2H3,(H,17,18). The number of alkyl halides is 3. The molecule has 1 N–H and O–H groups in total. The Hall–Kier alpha value is -1.92. The van der Waals surface area contributed by atoms with Gasteiger partial charge in [0, 0.05) is 0 Å². The van der Waals surface area contributed by atoms with Crippen molar-refractivity contribution in [3.8, 4) is 11.5 Å². The summed E-state index contributed by atoms with van der Waals surface area (Å²) in [5.74, 6) is -1.58. The third kappa shape index (κ3) is 4.32. The lowest BCUT2D eigenvalue weighted by atomic mass is 10.1. The second-order valence-corrected chi connectivity index (χ2v) is 4.08. The van der Waals surface area contributed by atoms with Gasteiger partial charge in [-0.25, -0.2) is 0 Å². The summed E-state index contributed by atoms with van der Waals surface area (Å²) in [6, 6.07) is 4.51. The van der Waals surface area contributed by atoms with Crippen LogP contribution in [0, 0.1) is 0 Å². The van der Waals surface area contributed by atoms with E-state index in [0.29, 0.717) is 6.42 Å². The zero-order valence-electron chi connectivity index (χ0n) is 11.0. The number of aryl methyl sites for hydroxylation is 1. The van der Waals surface area contributed by atoms with E-state index in [-0.39, 0.29) is 11.5 Å². The predicted molar refractivity (Wildman–Crippen MR) is 65.1 cm³/mol. The molecule has 0 bridgehead atoms. The molecule has 0 heterocycles. The number of halogens is 3. The molecule has 112 valence electrons. The SMILES string of the molecule is CCc1ccc(OC(CC(=O)O)C(F)(F)F)c(OC)c1. The number of benzene rings is 1. The summed E-state index contributed by atoms with van der Waals surface area (Å²) >= 11 is 0. The summed E-state index contributed by atoms with van der Waals surface area (Å²) in [5, 5.41) is 8.52. The number of hydrogen-bond donors (Lipinski definition) is 1. The quantitative estimate of drug-likeness (QED) is 0.875. The molecule has 4 nitrogen and oxygen atoms in total. The van der Waals surface area contributed by atoms with Crippen LogP contribution < -0.4 is 9.47 Å². The second-order valence-electron chi connectivity index (χ2n) is 4.08. The Morgan fingerprint density at radius 3 is 2.45 bits per heavy atom. The molecule has 0 spiro atoms. The molecular weight excluding hydrogens is 277 g/mol. The van der Waals surface area contributed by atoms with Gasteiger partial charge in [0.2, 0.25) is 6.10 Å². The number of aliphatic carboxylic acids is 1. The third-order valence-electron chi connectivity index (χ3n) is 2.63. The van der Waals surface area contributed by atoms with E-state index in [2.05, 4.69) is 0 Å². The fourth-order valence-corrected chi connectivity index (χ4v) is 1.57. The first-order valence-electron chi connectivity index (χ1n) is 5.90. The van der Waals surface area contributed by atoms with E-state index in [1.54, 1.807) is 12.1 Å². The molecule has 1 atom stereocenters. The molecule has 0 radical (unpaired) electrons. The van der Waals surface area contributed by atoms with Gasteiger partial charge in [-0.3, -0.25) is 4.79 Å². The molecule has 20 heavy (non-hydrogen) atoms. The van der Waals surface area contributed by atoms with Gasteiger partial charge in [0.15, 0.2) is 11.5 Å². The zero-order chi connectivity index (χ0) is 15.3. The zero-order valence-corrected chi connectivity index (χ0v) is 11.0. The first-order valence-corrected chi connectivity index (χ1v) is 5.90. The van der Waals surface area contributed by atoms with Crippen LogP contribution in [0.2, 0.25) is 0 Å². The van der Waals surface area contributed by atoms with Crippen LogP contribution in [-0.4, -0.2) is 30.5 Å². The minimum absolute atomic E-state index is 0.131. The lowest BCUT2D eigenvalue weighted by Crippen LogP contribution is -2.36. The lowest BCUT2D eigenvalue weighted by Gasteiger charge is -2.21. The van der Waals surface area contributed by atoms with E-state index in [4.69, 9.17) is 14.6 Å². The first-order chi connectivity index (χ1) is 9.27. The van der Waals surface area contributed by atoms with Crippen LogP contribution in [0.4, 0.5) is 13.2 Å². The second kappa shape index (κ2) is 6.49. The molecule has 1 aromatic carbocycles. The highest BCUT2D eigenvalue weighted by Crippen LogP contribution is 2.33. The van der Waals surface area contributed by atoms with Crippen molar-refractivity contribution in [3.05, 3.63) is 23.8 Å². The molecular formula is C13H15F3O4. The summed E-state index contributed by atoms with van der Waals surface area (Å²) in [6.45, 7) is 1.89. The molecule has 7 heteroatoms. The highest BCUT2D eigenvalue weighted by Gasteiger charge is 2.43. The molecule has 0 aliphatic heterocycles. The molecule has 0 aliphatic carbocycles. The molecule has 0 amide bonds. The van der Waals surface area contributed by atoms with Gasteiger partial charge in [-0.05, 0) is 24.1 Å². The lowest BCUT2D eigenvalue weighted by molar-refractivity contribution is -0.200. The molecule has 0 aliphatic rings. The van der Waals surface area contributed by atoms with Crippen molar-refractivity contribution < 1.29 is 32.5 Å². The summed E-state index contributed by atoms with van der Waals surface area (Å²) in [4.78, 5) is 10.5. The Bertz CT molecular complexity index is 471. The van der Waals surface area contributed by atoms with Gasteiger partial charge in [0.25, 0.3) is 0 Å². The number of carboxylic acids is 1. The summed E-state index contributed by atoms with van der Waals surface area (Å²) in [7, 11) is 1.31. The molecule has 1 aromatic rings. The molecule has 1 rings (SSSR count). The molecule has 1 unspecified atom stereocenters. The van der Waals surface area contributed by atoms with E-state index in [0.717, 1.165) is 5.56 Å². The van der Waals surface area contributed by atoms with Crippen molar-refractivity contribution in [1.82, 2.24) is 0 Å². The van der Waals surface area contributed by atoms with Crippen molar-refractivity contribution in [2.45, 2.75) is 32.0 Å². The van der Waals surface area contributed by atoms with Crippen molar-refractivity contribution in [2.75, 3.05) is 7.11 Å². The number of ether oxygens (including phenoxy) is 2. The summed E-state index contributed by atoms with van der Waals surface area (Å²) in [5.41, 5.74) is 0.871. The van der Waals surface area contributed by atoms with Crippen LogP contribution in [0.25, 0.3) is 0 Å². The average Bonchev–Trinajstić information content (AvgIpc) is 2.36. The molecule has 0 saturated carbocycles. The maximum absolute atomic E-state index is 12.7. The highest BCUT2D eigenvalue weighted by molar-refractivity contribution is 5.67. The monoisotopic (exact) mass is 292 g/mol. The number of carboxylic acid groups (broad SMARTS) is 1. The van der Waals surface area contributed by atoms with Gasteiger partial charge in [-0.15, -0.1) is 0 Å². The molecule has 0 saturated heterocycles. The topological polar surface area (TPSA) is 55.8 Å². The number of rotatable bonds is 6. The Balaban J connectivity index is 3.01. The minimum Gasteiger partial charge on any atom is -0.493 e. The fraction of sp³-hybridized carbons (Fsp3) is 0.462. The maximum Gasteiger partial charge on any atom is 0.426 e. The van der Waals surface area contributed by atoms with Crippen molar-refractivity contribution in [3.63, 3.8) is 0 Å². The van der Waals surface area contributed by atoms with Gasteiger partial charge in [0.05, 0.1) is 13.5 Å². The van der Waals surface area contributed by atoms with Gasteiger partial charge in [-0.1, -0.05) is 13.0 Å². The number of methoxy groups -OCH3 is 1. The molecule has 0 fully saturated rings. The highest BCUT2D eigenvalue weighted by atomic mass is 19.4. The minimum atomic E-state index is -4.77. The van der Waals surface area contributed by atoms with E-state index in [1.807, 2.05) is 6.92 Å². The largest absolute Gasteiger partial charge is 0.493 e. The summed E-state index contributed by atoms with van der Waals surface area (Å²) in [6.07, 6.45) is -7.66. The van der Waals surface area contributed by atoms with Crippen LogP contribution >= 0.6 is 0 Å². The Labute approximate surface area is 114 Å². The van der Waals surface area contributed by atoms with Crippen LogP contribution in [0.15, 0.2) is 18.2 Å². The third-order valence-corrected chi connectivity index (χ3v) is 2.63. The van der Waals surface area contributed by atoms with Gasteiger partial charge < -0.3 is 14.6 Å². The Kier molecular flexibility index (Phi) is 5.24. The maximum atomic E-state index is 12.7. The first kappa shape index (κ1) is 16.1. The van der Waals surface area contributed by atoms with Crippen LogP contribution in [0.3, 0.4) is 0 Å². The van der Waals surface area contributed by atoms with Crippen LogP contribution in [0.5, 0.6) is 11.5 Å². The van der Waals surface area contributed by atoms with Crippen molar-refractivity contribution in [1.29, 1.82) is 0 Å². The Morgan fingerprint density at radius 1 is 1.35 bits per heavy atom. The van der Waals surface area contributed by atoms with Gasteiger partial charge >= 0.3 is 12.1 Å². The number of hydrogen-bond acceptors (Lipinski definition) is 3. The number of carbonyl (C=O) groups is 1. The van der Waals surface area contributed by atoms with Crippen molar-refractivity contribution in [2.24, 2.45) is 0 Å². The van der Waals surface area contributed by atoms with Crippen LogP contribution in [-0.2, 0) is 11.2 Å². The average molecular weight is 292 g/mol. The normalized spacial score (nSPS) is 12.8. The van der Waals surface area contributed by atoms with E-state index >= 15 is 0 Å².